The maximum absolute atomic E-state index is 11.8. The molecule has 106 valence electrons. The first-order valence-electron chi connectivity index (χ1n) is 6.48. The molecule has 1 heterocycles. The molecule has 0 saturated heterocycles. The third-order valence-corrected chi connectivity index (χ3v) is 3.34. The lowest BCUT2D eigenvalue weighted by Crippen LogP contribution is -2.00. The fourth-order valence-corrected chi connectivity index (χ4v) is 2.25. The molecule has 0 aliphatic heterocycles. The average molecular weight is 282 g/mol. The second-order valence-electron chi connectivity index (χ2n) is 4.55. The van der Waals surface area contributed by atoms with Crippen molar-refractivity contribution < 1.29 is 18.7 Å². The molecule has 0 aliphatic rings. The number of furan rings is 1. The van der Waals surface area contributed by atoms with Gasteiger partial charge in [-0.3, -0.25) is 0 Å². The Morgan fingerprint density at radius 2 is 1.81 bits per heavy atom. The molecule has 1 aromatic heterocycles. The van der Waals surface area contributed by atoms with Crippen LogP contribution in [0.25, 0.3) is 22.3 Å². The predicted octanol–water partition coefficient (Wildman–Crippen LogP) is 3.90. The fraction of sp³-hybridized carbons (Fsp3) is 0.118. The molecule has 21 heavy (non-hydrogen) atoms. The summed E-state index contributed by atoms with van der Waals surface area (Å²) < 4.78 is 15.7. The first kappa shape index (κ1) is 13.2. The lowest BCUT2D eigenvalue weighted by atomic mass is 10.1. The van der Waals surface area contributed by atoms with Crippen LogP contribution in [0.3, 0.4) is 0 Å². The molecule has 0 unspecified atom stereocenters. The first-order valence-corrected chi connectivity index (χ1v) is 6.48. The van der Waals surface area contributed by atoms with E-state index in [1.54, 1.807) is 19.2 Å². The van der Waals surface area contributed by atoms with E-state index in [4.69, 9.17) is 13.9 Å². The SMILES string of the molecule is COC(=O)c1cccc2oc(-c3ccc(OC)cc3)cc12. The van der Waals surface area contributed by atoms with Gasteiger partial charge in [0.15, 0.2) is 0 Å². The van der Waals surface area contributed by atoms with Crippen molar-refractivity contribution in [1.82, 2.24) is 0 Å². The van der Waals surface area contributed by atoms with E-state index >= 15 is 0 Å². The van der Waals surface area contributed by atoms with E-state index in [1.807, 2.05) is 36.4 Å². The number of hydrogen-bond donors (Lipinski definition) is 0. The molecular formula is C17H14O4. The van der Waals surface area contributed by atoms with Gasteiger partial charge in [0.1, 0.15) is 17.1 Å². The molecule has 0 bridgehead atoms. The van der Waals surface area contributed by atoms with E-state index < -0.39 is 0 Å². The van der Waals surface area contributed by atoms with Gasteiger partial charge in [0.05, 0.1) is 19.8 Å². The summed E-state index contributed by atoms with van der Waals surface area (Å²) in [6.45, 7) is 0. The minimum absolute atomic E-state index is 0.373. The van der Waals surface area contributed by atoms with E-state index in [0.717, 1.165) is 16.7 Å². The number of rotatable bonds is 3. The molecule has 0 atom stereocenters. The van der Waals surface area contributed by atoms with Crippen LogP contribution in [0.2, 0.25) is 0 Å². The number of hydrogen-bond acceptors (Lipinski definition) is 4. The smallest absolute Gasteiger partial charge is 0.338 e. The molecule has 2 aromatic carbocycles. The zero-order chi connectivity index (χ0) is 14.8. The molecule has 0 N–H and O–H groups in total. The summed E-state index contributed by atoms with van der Waals surface area (Å²) in [4.78, 5) is 11.8. The largest absolute Gasteiger partial charge is 0.497 e. The zero-order valence-corrected chi connectivity index (χ0v) is 11.8. The van der Waals surface area contributed by atoms with Crippen LogP contribution in [0.1, 0.15) is 10.4 Å². The highest BCUT2D eigenvalue weighted by Crippen LogP contribution is 2.31. The van der Waals surface area contributed by atoms with Gasteiger partial charge in [-0.2, -0.15) is 0 Å². The van der Waals surface area contributed by atoms with Gasteiger partial charge < -0.3 is 13.9 Å². The van der Waals surface area contributed by atoms with Crippen LogP contribution >= 0.6 is 0 Å². The van der Waals surface area contributed by atoms with Crippen molar-refractivity contribution in [1.29, 1.82) is 0 Å². The summed E-state index contributed by atoms with van der Waals surface area (Å²) in [6, 6.07) is 14.7. The topological polar surface area (TPSA) is 48.7 Å². The number of methoxy groups -OCH3 is 2. The standard InChI is InChI=1S/C17H14O4/c1-19-12-8-6-11(7-9-12)16-10-14-13(17(18)20-2)4-3-5-15(14)21-16/h3-10H,1-2H3. The van der Waals surface area contributed by atoms with Gasteiger partial charge in [0, 0.05) is 10.9 Å². The Morgan fingerprint density at radius 1 is 1.05 bits per heavy atom. The Bertz CT molecular complexity index is 784. The van der Waals surface area contributed by atoms with Crippen molar-refractivity contribution >= 4 is 16.9 Å². The Balaban J connectivity index is 2.10. The molecule has 3 aromatic rings. The monoisotopic (exact) mass is 282 g/mol. The molecule has 0 amide bonds. The average Bonchev–Trinajstić information content (AvgIpc) is 2.98. The van der Waals surface area contributed by atoms with Crippen molar-refractivity contribution in [3.05, 3.63) is 54.1 Å². The highest BCUT2D eigenvalue weighted by molar-refractivity contribution is 6.04. The summed E-state index contributed by atoms with van der Waals surface area (Å²) in [6.07, 6.45) is 0. The van der Waals surface area contributed by atoms with Crippen LogP contribution < -0.4 is 4.74 Å². The lowest BCUT2D eigenvalue weighted by Gasteiger charge is -2.00. The number of fused-ring (bicyclic) bond motifs is 1. The van der Waals surface area contributed by atoms with Crippen molar-refractivity contribution in [3.8, 4) is 17.1 Å². The zero-order valence-electron chi connectivity index (χ0n) is 11.8. The number of carbonyl (C=O) groups excluding carboxylic acids is 1. The number of benzene rings is 2. The third kappa shape index (κ3) is 2.36. The molecule has 3 rings (SSSR count). The summed E-state index contributed by atoms with van der Waals surface area (Å²) in [5.41, 5.74) is 2.07. The summed E-state index contributed by atoms with van der Waals surface area (Å²) in [7, 11) is 2.99. The second-order valence-corrected chi connectivity index (χ2v) is 4.55. The Morgan fingerprint density at radius 3 is 2.48 bits per heavy atom. The molecule has 0 aliphatic carbocycles. The molecule has 0 saturated carbocycles. The summed E-state index contributed by atoms with van der Waals surface area (Å²) in [5.74, 6) is 1.11. The molecule has 4 nitrogen and oxygen atoms in total. The van der Waals surface area contributed by atoms with Gasteiger partial charge in [-0.1, -0.05) is 6.07 Å². The van der Waals surface area contributed by atoms with Crippen molar-refractivity contribution in [3.63, 3.8) is 0 Å². The van der Waals surface area contributed by atoms with Gasteiger partial charge >= 0.3 is 5.97 Å². The molecule has 0 spiro atoms. The van der Waals surface area contributed by atoms with Crippen LogP contribution in [0, 0.1) is 0 Å². The van der Waals surface area contributed by atoms with Gasteiger partial charge in [0.25, 0.3) is 0 Å². The van der Waals surface area contributed by atoms with Gasteiger partial charge in [-0.05, 0) is 42.5 Å². The Labute approximate surface area is 121 Å². The number of carbonyl (C=O) groups is 1. The quantitative estimate of drug-likeness (QED) is 0.684. The van der Waals surface area contributed by atoms with Crippen molar-refractivity contribution in [2.75, 3.05) is 14.2 Å². The van der Waals surface area contributed by atoms with Crippen molar-refractivity contribution in [2.24, 2.45) is 0 Å². The van der Waals surface area contributed by atoms with Crippen LogP contribution in [-0.4, -0.2) is 20.2 Å². The Kier molecular flexibility index (Phi) is 3.36. The van der Waals surface area contributed by atoms with E-state index in [2.05, 4.69) is 0 Å². The minimum Gasteiger partial charge on any atom is -0.497 e. The normalized spacial score (nSPS) is 10.6. The molecule has 4 heteroatoms. The highest BCUT2D eigenvalue weighted by atomic mass is 16.5. The van der Waals surface area contributed by atoms with Crippen LogP contribution in [0.4, 0.5) is 0 Å². The van der Waals surface area contributed by atoms with Crippen LogP contribution in [0.5, 0.6) is 5.75 Å². The number of esters is 1. The predicted molar refractivity (Wildman–Crippen MR) is 79.5 cm³/mol. The Hall–Kier alpha value is -2.75. The van der Waals surface area contributed by atoms with Crippen LogP contribution in [0.15, 0.2) is 52.9 Å². The lowest BCUT2D eigenvalue weighted by molar-refractivity contribution is 0.0603. The minimum atomic E-state index is -0.373. The molecular weight excluding hydrogens is 268 g/mol. The van der Waals surface area contributed by atoms with E-state index in [1.165, 1.54) is 7.11 Å². The van der Waals surface area contributed by atoms with Crippen molar-refractivity contribution in [2.45, 2.75) is 0 Å². The second kappa shape index (κ2) is 5.32. The third-order valence-electron chi connectivity index (χ3n) is 3.34. The van der Waals surface area contributed by atoms with Gasteiger partial charge in [-0.15, -0.1) is 0 Å². The molecule has 0 fully saturated rings. The van der Waals surface area contributed by atoms with E-state index in [-0.39, 0.29) is 5.97 Å². The summed E-state index contributed by atoms with van der Waals surface area (Å²) >= 11 is 0. The van der Waals surface area contributed by atoms with Crippen LogP contribution in [-0.2, 0) is 4.74 Å². The van der Waals surface area contributed by atoms with E-state index in [9.17, 15) is 4.79 Å². The molecule has 0 radical (unpaired) electrons. The maximum atomic E-state index is 11.8. The first-order chi connectivity index (χ1) is 10.2. The fourth-order valence-electron chi connectivity index (χ4n) is 2.25. The van der Waals surface area contributed by atoms with E-state index in [0.29, 0.717) is 16.9 Å². The highest BCUT2D eigenvalue weighted by Gasteiger charge is 2.14. The summed E-state index contributed by atoms with van der Waals surface area (Å²) in [5, 5.41) is 0.746. The van der Waals surface area contributed by atoms with Gasteiger partial charge in [-0.25, -0.2) is 4.79 Å². The maximum Gasteiger partial charge on any atom is 0.338 e. The number of ether oxygens (including phenoxy) is 2. The van der Waals surface area contributed by atoms with Gasteiger partial charge in [0.2, 0.25) is 0 Å².